The summed E-state index contributed by atoms with van der Waals surface area (Å²) in [5.41, 5.74) is 4.82. The maximum atomic E-state index is 13.6. The van der Waals surface area contributed by atoms with E-state index >= 15 is 0 Å². The highest BCUT2D eigenvalue weighted by molar-refractivity contribution is 5.95. The lowest BCUT2D eigenvalue weighted by molar-refractivity contribution is -0.116. The van der Waals surface area contributed by atoms with Crippen LogP contribution in [0.2, 0.25) is 0 Å². The molecule has 0 atom stereocenters. The molecule has 8 heteroatoms. The van der Waals surface area contributed by atoms with Gasteiger partial charge in [-0.3, -0.25) is 9.59 Å². The molecule has 0 saturated heterocycles. The molecule has 1 N–H and O–H groups in total. The first-order valence-electron chi connectivity index (χ1n) is 12.7. The number of amides is 2. The fourth-order valence-corrected chi connectivity index (χ4v) is 4.78. The van der Waals surface area contributed by atoms with Crippen LogP contribution in [0.15, 0.2) is 42.6 Å². The van der Waals surface area contributed by atoms with Crippen molar-refractivity contribution in [1.29, 1.82) is 0 Å². The summed E-state index contributed by atoms with van der Waals surface area (Å²) in [6.07, 6.45) is 6.60. The number of aliphatic hydroxyl groups is 1. The lowest BCUT2D eigenvalue weighted by atomic mass is 10.0. The third-order valence-corrected chi connectivity index (χ3v) is 6.68. The van der Waals surface area contributed by atoms with Gasteiger partial charge in [-0.05, 0) is 62.1 Å². The highest BCUT2D eigenvalue weighted by atomic mass is 16.3. The highest BCUT2D eigenvalue weighted by Crippen LogP contribution is 2.27. The highest BCUT2D eigenvalue weighted by Gasteiger charge is 2.22. The van der Waals surface area contributed by atoms with Gasteiger partial charge >= 0.3 is 0 Å². The minimum atomic E-state index is -0.102. The van der Waals surface area contributed by atoms with Crippen molar-refractivity contribution in [3.05, 3.63) is 70.7 Å². The van der Waals surface area contributed by atoms with Crippen LogP contribution in [-0.4, -0.2) is 49.7 Å². The number of rotatable bonds is 3. The van der Waals surface area contributed by atoms with Gasteiger partial charge in [-0.2, -0.15) is 5.10 Å². The molecule has 8 nitrogen and oxygen atoms in total. The first-order valence-corrected chi connectivity index (χ1v) is 12.7. The van der Waals surface area contributed by atoms with E-state index in [1.807, 2.05) is 49.1 Å². The van der Waals surface area contributed by atoms with Crippen LogP contribution < -0.4 is 4.90 Å². The van der Waals surface area contributed by atoms with Crippen molar-refractivity contribution in [1.82, 2.24) is 19.7 Å². The lowest BCUT2D eigenvalue weighted by Gasteiger charge is -2.29. The fraction of sp³-hybridized carbons (Fsp3) is 0.429. The Morgan fingerprint density at radius 3 is 2.36 bits per heavy atom. The Morgan fingerprint density at radius 1 is 0.972 bits per heavy atom. The number of nitrogens with zero attached hydrogens (tertiary/aromatic N) is 5. The normalized spacial score (nSPS) is 15.1. The Balaban J connectivity index is 1.65. The van der Waals surface area contributed by atoms with E-state index in [1.54, 1.807) is 28.8 Å². The Morgan fingerprint density at radius 2 is 1.72 bits per heavy atom. The summed E-state index contributed by atoms with van der Waals surface area (Å²) in [6.45, 7) is 7.01. The van der Waals surface area contributed by atoms with E-state index in [-0.39, 0.29) is 18.4 Å². The van der Waals surface area contributed by atoms with Crippen molar-refractivity contribution < 1.29 is 14.7 Å². The number of benzene rings is 1. The molecule has 0 radical (unpaired) electrons. The average Bonchev–Trinajstić information content (AvgIpc) is 3.21. The Kier molecular flexibility index (Phi) is 8.15. The van der Waals surface area contributed by atoms with Gasteiger partial charge in [0, 0.05) is 44.1 Å². The summed E-state index contributed by atoms with van der Waals surface area (Å²) in [5.74, 6) is 0.543. The number of anilines is 1. The van der Waals surface area contributed by atoms with E-state index in [0.717, 1.165) is 60.3 Å². The van der Waals surface area contributed by atoms with E-state index in [1.165, 1.54) is 0 Å². The number of aromatic nitrogens is 3. The van der Waals surface area contributed by atoms with Crippen molar-refractivity contribution in [3.8, 4) is 5.82 Å². The van der Waals surface area contributed by atoms with Crippen LogP contribution in [0.5, 0.6) is 0 Å². The van der Waals surface area contributed by atoms with Crippen molar-refractivity contribution in [2.45, 2.75) is 66.0 Å². The Labute approximate surface area is 212 Å². The molecule has 0 spiro atoms. The van der Waals surface area contributed by atoms with E-state index < -0.39 is 0 Å². The largest absolute Gasteiger partial charge is 0.392 e. The summed E-state index contributed by atoms with van der Waals surface area (Å²) < 4.78 is 1.77. The molecule has 0 fully saturated rings. The molecule has 190 valence electrons. The molecule has 0 saturated carbocycles. The number of carbonyl (C=O) groups is 2. The zero-order chi connectivity index (χ0) is 25.7. The van der Waals surface area contributed by atoms with E-state index in [0.29, 0.717) is 31.0 Å². The molecule has 0 bridgehead atoms. The SMILES string of the molecule is CC(=O)N1CCCCCCCN(C(=O)c2ccc(-n3nc(C)cc3C)nc2)Cc2ccc(CO)cc21. The van der Waals surface area contributed by atoms with Crippen molar-refractivity contribution in [2.24, 2.45) is 0 Å². The molecule has 2 aromatic heterocycles. The van der Waals surface area contributed by atoms with Gasteiger partial charge in [0.1, 0.15) is 0 Å². The van der Waals surface area contributed by atoms with Gasteiger partial charge < -0.3 is 14.9 Å². The molecule has 0 aliphatic carbocycles. The predicted octanol–water partition coefficient (Wildman–Crippen LogP) is 4.34. The molecule has 1 aromatic carbocycles. The molecule has 1 aliphatic heterocycles. The van der Waals surface area contributed by atoms with Gasteiger partial charge in [-0.15, -0.1) is 0 Å². The number of pyridine rings is 1. The number of fused-ring (bicyclic) bond motifs is 1. The van der Waals surface area contributed by atoms with E-state index in [2.05, 4.69) is 10.1 Å². The minimum Gasteiger partial charge on any atom is -0.392 e. The second kappa shape index (κ2) is 11.5. The zero-order valence-corrected chi connectivity index (χ0v) is 21.4. The number of hydrogen-bond acceptors (Lipinski definition) is 5. The molecular formula is C28H35N5O3. The van der Waals surface area contributed by atoms with E-state index in [4.69, 9.17) is 0 Å². The third-order valence-electron chi connectivity index (χ3n) is 6.68. The second-order valence-corrected chi connectivity index (χ2v) is 9.53. The Hall–Kier alpha value is -3.52. The third kappa shape index (κ3) is 5.82. The van der Waals surface area contributed by atoms with Crippen LogP contribution in [0.3, 0.4) is 0 Å². The smallest absolute Gasteiger partial charge is 0.255 e. The summed E-state index contributed by atoms with van der Waals surface area (Å²) in [4.78, 5) is 34.3. The number of aliphatic hydroxyl groups excluding tert-OH is 1. The lowest BCUT2D eigenvalue weighted by Crippen LogP contribution is -2.35. The number of hydrogen-bond donors (Lipinski definition) is 1. The molecule has 4 rings (SSSR count). The molecule has 1 aliphatic rings. The maximum absolute atomic E-state index is 13.6. The van der Waals surface area contributed by atoms with E-state index in [9.17, 15) is 14.7 Å². The van der Waals surface area contributed by atoms with Crippen LogP contribution in [0.4, 0.5) is 5.69 Å². The van der Waals surface area contributed by atoms with Gasteiger partial charge in [-0.25, -0.2) is 9.67 Å². The predicted molar refractivity (Wildman–Crippen MR) is 139 cm³/mol. The molecule has 2 amide bonds. The quantitative estimate of drug-likeness (QED) is 0.591. The average molecular weight is 490 g/mol. The second-order valence-electron chi connectivity index (χ2n) is 9.53. The first-order chi connectivity index (χ1) is 17.4. The number of aryl methyl sites for hydroxylation is 2. The summed E-state index contributed by atoms with van der Waals surface area (Å²) in [5, 5.41) is 14.2. The molecule has 3 heterocycles. The first kappa shape index (κ1) is 25.6. The minimum absolute atomic E-state index is 0.0368. The standard InChI is InChI=1S/C28H35N5O3/c1-20-15-21(2)33(30-20)27-12-11-24(17-29-27)28(36)31-13-7-5-4-6-8-14-32(22(3)35)26-16-23(19-34)9-10-25(26)18-31/h9-12,15-17,34H,4-8,13-14,18-19H2,1-3H3. The van der Waals surface area contributed by atoms with Crippen LogP contribution in [0, 0.1) is 13.8 Å². The Bertz CT molecular complexity index is 1220. The van der Waals surface area contributed by atoms with Crippen molar-refractivity contribution >= 4 is 17.5 Å². The van der Waals surface area contributed by atoms with Gasteiger partial charge in [0.25, 0.3) is 5.91 Å². The summed E-state index contributed by atoms with van der Waals surface area (Å²) >= 11 is 0. The van der Waals surface area contributed by atoms with Gasteiger partial charge in [-0.1, -0.05) is 31.4 Å². The molecular weight excluding hydrogens is 454 g/mol. The summed E-state index contributed by atoms with van der Waals surface area (Å²) in [7, 11) is 0. The zero-order valence-electron chi connectivity index (χ0n) is 21.4. The van der Waals surface area contributed by atoms with Crippen molar-refractivity contribution in [2.75, 3.05) is 18.0 Å². The van der Waals surface area contributed by atoms with Crippen LogP contribution >= 0.6 is 0 Å². The van der Waals surface area contributed by atoms with Crippen LogP contribution in [-0.2, 0) is 17.9 Å². The van der Waals surface area contributed by atoms with Crippen molar-refractivity contribution in [3.63, 3.8) is 0 Å². The monoisotopic (exact) mass is 489 g/mol. The fourth-order valence-electron chi connectivity index (χ4n) is 4.78. The summed E-state index contributed by atoms with van der Waals surface area (Å²) in [6, 6.07) is 11.3. The van der Waals surface area contributed by atoms with Crippen LogP contribution in [0.1, 0.15) is 71.9 Å². The maximum Gasteiger partial charge on any atom is 0.255 e. The topological polar surface area (TPSA) is 91.6 Å². The van der Waals surface area contributed by atoms with Crippen LogP contribution in [0.25, 0.3) is 5.82 Å². The molecule has 0 unspecified atom stereocenters. The van der Waals surface area contributed by atoms with Gasteiger partial charge in [0.2, 0.25) is 5.91 Å². The number of carbonyl (C=O) groups excluding carboxylic acids is 2. The molecule has 36 heavy (non-hydrogen) atoms. The molecule has 3 aromatic rings. The van der Waals surface area contributed by atoms with Gasteiger partial charge in [0.05, 0.1) is 17.9 Å². The van der Waals surface area contributed by atoms with Gasteiger partial charge in [0.15, 0.2) is 5.82 Å².